The number of aromatic amines is 1. The minimum atomic E-state index is -0.0767. The van der Waals surface area contributed by atoms with E-state index in [9.17, 15) is 9.59 Å². The van der Waals surface area contributed by atoms with Crippen molar-refractivity contribution >= 4 is 16.9 Å². The Labute approximate surface area is 185 Å². The van der Waals surface area contributed by atoms with Crippen molar-refractivity contribution in [3.8, 4) is 5.69 Å². The molecule has 1 aliphatic carbocycles. The van der Waals surface area contributed by atoms with Crippen LogP contribution in [0.25, 0.3) is 16.7 Å². The van der Waals surface area contributed by atoms with Crippen LogP contribution in [0.5, 0.6) is 0 Å². The third-order valence-electron chi connectivity index (χ3n) is 6.68. The van der Waals surface area contributed by atoms with Gasteiger partial charge >= 0.3 is 5.69 Å². The summed E-state index contributed by atoms with van der Waals surface area (Å²) in [5, 5.41) is 4.78. The number of aromatic nitrogens is 4. The van der Waals surface area contributed by atoms with Gasteiger partial charge in [-0.15, -0.1) is 0 Å². The van der Waals surface area contributed by atoms with Gasteiger partial charge in [-0.25, -0.2) is 9.48 Å². The second-order valence-corrected chi connectivity index (χ2v) is 8.82. The van der Waals surface area contributed by atoms with E-state index in [4.69, 9.17) is 5.10 Å². The fraction of sp³-hybridized carbons (Fsp3) is 0.320. The molecule has 2 fully saturated rings. The van der Waals surface area contributed by atoms with Crippen LogP contribution in [0.1, 0.15) is 53.8 Å². The second-order valence-electron chi connectivity index (χ2n) is 8.82. The molecule has 1 saturated carbocycles. The molecule has 1 aliphatic heterocycles. The number of likely N-dealkylation sites (tertiary alicyclic amines) is 1. The Morgan fingerprint density at radius 2 is 1.66 bits per heavy atom. The molecule has 0 bridgehead atoms. The first kappa shape index (κ1) is 19.1. The van der Waals surface area contributed by atoms with Gasteiger partial charge in [0.25, 0.3) is 5.91 Å². The van der Waals surface area contributed by atoms with E-state index in [1.54, 1.807) is 4.68 Å². The first-order valence-corrected chi connectivity index (χ1v) is 11.3. The number of carbonyl (C=O) groups excluding carboxylic acids is 1. The highest BCUT2D eigenvalue weighted by atomic mass is 16.2. The predicted octanol–water partition coefficient (Wildman–Crippen LogP) is 3.87. The molecular weight excluding hydrogens is 402 g/mol. The lowest BCUT2D eigenvalue weighted by Gasteiger charge is -2.32. The summed E-state index contributed by atoms with van der Waals surface area (Å²) in [6.07, 6.45) is 3.79. The normalized spacial score (nSPS) is 17.2. The van der Waals surface area contributed by atoms with Gasteiger partial charge in [0.15, 0.2) is 0 Å². The van der Waals surface area contributed by atoms with Crippen molar-refractivity contribution in [1.82, 2.24) is 24.2 Å². The van der Waals surface area contributed by atoms with Gasteiger partial charge in [0.05, 0.1) is 22.4 Å². The average Bonchev–Trinajstić information content (AvgIpc) is 3.49. The molecule has 2 aromatic heterocycles. The number of benzene rings is 2. The van der Waals surface area contributed by atoms with Gasteiger partial charge in [-0.1, -0.05) is 30.3 Å². The number of piperidine rings is 1. The van der Waals surface area contributed by atoms with E-state index in [0.29, 0.717) is 24.7 Å². The summed E-state index contributed by atoms with van der Waals surface area (Å²) < 4.78 is 3.66. The molecular formula is C25H25N5O2. The van der Waals surface area contributed by atoms with Gasteiger partial charge in [0, 0.05) is 25.0 Å². The van der Waals surface area contributed by atoms with Crippen LogP contribution in [0, 0.1) is 0 Å². The summed E-state index contributed by atoms with van der Waals surface area (Å²) in [4.78, 5) is 30.9. The quantitative estimate of drug-likeness (QED) is 0.537. The summed E-state index contributed by atoms with van der Waals surface area (Å²) in [7, 11) is 0. The smallest absolute Gasteiger partial charge is 0.326 e. The zero-order valence-corrected chi connectivity index (χ0v) is 17.8. The standard InChI is InChI=1S/C25H25N5O2/c31-24(23-16-21(17-10-11-17)27-30(23)19-6-2-1-3-7-19)28-14-12-18(13-15-28)29-22-9-5-4-8-20(22)26-25(29)32/h1-9,16-18H,10-15H2,(H,26,32). The number of fused-ring (bicyclic) bond motifs is 1. The number of H-pyrrole nitrogens is 1. The van der Waals surface area contributed by atoms with Crippen LogP contribution in [0.4, 0.5) is 0 Å². The molecule has 0 spiro atoms. The number of imidazole rings is 1. The number of carbonyl (C=O) groups is 1. The van der Waals surface area contributed by atoms with E-state index in [0.717, 1.165) is 48.1 Å². The fourth-order valence-electron chi connectivity index (χ4n) is 4.82. The van der Waals surface area contributed by atoms with Crippen molar-refractivity contribution in [2.24, 2.45) is 0 Å². The molecule has 162 valence electrons. The number of nitrogens with one attached hydrogen (secondary N) is 1. The Bertz CT molecular complexity index is 1340. The highest BCUT2D eigenvalue weighted by molar-refractivity contribution is 5.93. The van der Waals surface area contributed by atoms with Crippen molar-refractivity contribution in [2.45, 2.75) is 37.6 Å². The van der Waals surface area contributed by atoms with E-state index in [1.165, 1.54) is 0 Å². The van der Waals surface area contributed by atoms with E-state index in [2.05, 4.69) is 4.98 Å². The highest BCUT2D eigenvalue weighted by Gasteiger charge is 2.32. The summed E-state index contributed by atoms with van der Waals surface area (Å²) in [5.41, 5.74) is 4.25. The summed E-state index contributed by atoms with van der Waals surface area (Å²) >= 11 is 0. The maximum Gasteiger partial charge on any atom is 0.326 e. The topological polar surface area (TPSA) is 75.9 Å². The van der Waals surface area contributed by atoms with Crippen molar-refractivity contribution in [3.63, 3.8) is 0 Å². The van der Waals surface area contributed by atoms with Gasteiger partial charge in [-0.2, -0.15) is 5.10 Å². The van der Waals surface area contributed by atoms with Crippen LogP contribution in [-0.2, 0) is 0 Å². The average molecular weight is 428 g/mol. The first-order valence-electron chi connectivity index (χ1n) is 11.3. The summed E-state index contributed by atoms with van der Waals surface area (Å²) in [6.45, 7) is 1.24. The molecule has 6 rings (SSSR count). The molecule has 7 nitrogen and oxygen atoms in total. The molecule has 1 amide bonds. The van der Waals surface area contributed by atoms with Gasteiger partial charge in [0.1, 0.15) is 5.69 Å². The largest absolute Gasteiger partial charge is 0.337 e. The zero-order chi connectivity index (χ0) is 21.7. The molecule has 0 radical (unpaired) electrons. The van der Waals surface area contributed by atoms with Crippen LogP contribution < -0.4 is 5.69 Å². The van der Waals surface area contributed by atoms with Crippen molar-refractivity contribution in [1.29, 1.82) is 0 Å². The second kappa shape index (κ2) is 7.51. The van der Waals surface area contributed by atoms with Gasteiger partial charge in [0.2, 0.25) is 0 Å². The van der Waals surface area contributed by atoms with Gasteiger partial charge < -0.3 is 9.88 Å². The predicted molar refractivity (Wildman–Crippen MR) is 122 cm³/mol. The molecule has 0 atom stereocenters. The van der Waals surface area contributed by atoms with Crippen LogP contribution in [0.2, 0.25) is 0 Å². The number of hydrogen-bond acceptors (Lipinski definition) is 3. The van der Waals surface area contributed by atoms with Crippen molar-refractivity contribution < 1.29 is 4.79 Å². The molecule has 4 aromatic rings. The molecule has 1 saturated heterocycles. The monoisotopic (exact) mass is 427 g/mol. The Morgan fingerprint density at radius 3 is 2.41 bits per heavy atom. The van der Waals surface area contributed by atoms with Crippen LogP contribution in [0.3, 0.4) is 0 Å². The minimum absolute atomic E-state index is 0.0120. The summed E-state index contributed by atoms with van der Waals surface area (Å²) in [5.74, 6) is 0.490. The maximum atomic E-state index is 13.5. The van der Waals surface area contributed by atoms with E-state index >= 15 is 0 Å². The Kier molecular flexibility index (Phi) is 4.48. The van der Waals surface area contributed by atoms with Crippen LogP contribution in [-0.4, -0.2) is 43.2 Å². The van der Waals surface area contributed by atoms with Crippen molar-refractivity contribution in [2.75, 3.05) is 13.1 Å². The molecule has 0 unspecified atom stereocenters. The number of hydrogen-bond donors (Lipinski definition) is 1. The lowest BCUT2D eigenvalue weighted by atomic mass is 10.0. The Morgan fingerprint density at radius 1 is 0.938 bits per heavy atom. The Hall–Kier alpha value is -3.61. The third-order valence-corrected chi connectivity index (χ3v) is 6.68. The third kappa shape index (κ3) is 3.25. The first-order chi connectivity index (χ1) is 15.7. The molecule has 1 N–H and O–H groups in total. The summed E-state index contributed by atoms with van der Waals surface area (Å²) in [6, 6.07) is 19.7. The maximum absolute atomic E-state index is 13.5. The SMILES string of the molecule is O=C(c1cc(C2CC2)nn1-c1ccccc1)N1CCC(n2c(=O)[nH]c3ccccc32)CC1. The van der Waals surface area contributed by atoms with Crippen LogP contribution >= 0.6 is 0 Å². The van der Waals surface area contributed by atoms with Gasteiger partial charge in [-0.3, -0.25) is 9.36 Å². The molecule has 2 aliphatic rings. The molecule has 2 aromatic carbocycles. The number of para-hydroxylation sites is 3. The number of nitrogens with zero attached hydrogens (tertiary/aromatic N) is 4. The van der Waals surface area contributed by atoms with E-state index < -0.39 is 0 Å². The lowest BCUT2D eigenvalue weighted by Crippen LogP contribution is -2.41. The number of rotatable bonds is 4. The minimum Gasteiger partial charge on any atom is -0.337 e. The zero-order valence-electron chi connectivity index (χ0n) is 17.8. The molecule has 32 heavy (non-hydrogen) atoms. The van der Waals surface area contributed by atoms with Gasteiger partial charge in [-0.05, 0) is 56.0 Å². The van der Waals surface area contributed by atoms with E-state index in [-0.39, 0.29) is 17.6 Å². The highest BCUT2D eigenvalue weighted by Crippen LogP contribution is 2.40. The van der Waals surface area contributed by atoms with Crippen molar-refractivity contribution in [3.05, 3.63) is 82.5 Å². The fourth-order valence-corrected chi connectivity index (χ4v) is 4.82. The molecule has 3 heterocycles. The molecule has 7 heteroatoms. The Balaban J connectivity index is 1.25. The van der Waals surface area contributed by atoms with Crippen LogP contribution in [0.15, 0.2) is 65.5 Å². The lowest BCUT2D eigenvalue weighted by molar-refractivity contribution is 0.0685. The van der Waals surface area contributed by atoms with E-state index in [1.807, 2.05) is 70.1 Å². The number of amides is 1.